The van der Waals surface area contributed by atoms with Crippen LogP contribution in [0.5, 0.6) is 0 Å². The third-order valence-corrected chi connectivity index (χ3v) is 5.66. The number of aryl methyl sites for hydroxylation is 1. The molecule has 5 N–H and O–H groups in total. The summed E-state index contributed by atoms with van der Waals surface area (Å²) in [6.45, 7) is 3.82. The van der Waals surface area contributed by atoms with Gasteiger partial charge >= 0.3 is 13.1 Å². The quantitative estimate of drug-likeness (QED) is 0.384. The van der Waals surface area contributed by atoms with Crippen LogP contribution in [0, 0.1) is 18.7 Å². The van der Waals surface area contributed by atoms with Crippen LogP contribution >= 0.6 is 0 Å². The highest BCUT2D eigenvalue weighted by atomic mass is 19.1. The summed E-state index contributed by atoms with van der Waals surface area (Å²) in [5, 5.41) is 27.5. The maximum Gasteiger partial charge on any atom is 0.451 e. The number of piperidine rings is 1. The minimum absolute atomic E-state index is 0.125. The van der Waals surface area contributed by atoms with Crippen molar-refractivity contribution in [2.24, 2.45) is 11.7 Å². The van der Waals surface area contributed by atoms with E-state index in [0.29, 0.717) is 44.2 Å². The molecule has 150 valence electrons. The van der Waals surface area contributed by atoms with E-state index in [9.17, 15) is 14.3 Å². The van der Waals surface area contributed by atoms with Crippen molar-refractivity contribution in [3.8, 4) is 0 Å². The van der Waals surface area contributed by atoms with Gasteiger partial charge in [0, 0.05) is 6.54 Å². The third-order valence-electron chi connectivity index (χ3n) is 5.66. The standard InChI is InChI=1S/C19H30BFN2O4/c1-14-4-5-15(12-17(14)21)13-23-10-6-16(7-11-23)19(22,18(24)25)8-2-3-9-20(26)27/h4-5,12,16,26-27H,2-3,6-11,13,22H2,1H3,(H,24,25). The zero-order chi connectivity index (χ0) is 20.0. The van der Waals surface area contributed by atoms with Gasteiger partial charge in [-0.1, -0.05) is 25.0 Å². The molecule has 2 rings (SSSR count). The average Bonchev–Trinajstić information content (AvgIpc) is 2.62. The highest BCUT2D eigenvalue weighted by Crippen LogP contribution is 2.32. The number of carbonyl (C=O) groups is 1. The van der Waals surface area contributed by atoms with E-state index < -0.39 is 18.6 Å². The smallest absolute Gasteiger partial charge is 0.451 e. The molecule has 0 spiro atoms. The second kappa shape index (κ2) is 9.64. The molecular formula is C19H30BFN2O4. The molecule has 1 aliphatic rings. The largest absolute Gasteiger partial charge is 0.480 e. The summed E-state index contributed by atoms with van der Waals surface area (Å²) in [6, 6.07) is 5.25. The van der Waals surface area contributed by atoms with Crippen LogP contribution in [0.2, 0.25) is 6.32 Å². The zero-order valence-electron chi connectivity index (χ0n) is 15.9. The number of hydrogen-bond acceptors (Lipinski definition) is 5. The topological polar surface area (TPSA) is 107 Å². The molecule has 1 atom stereocenters. The van der Waals surface area contributed by atoms with Crippen molar-refractivity contribution in [2.45, 2.75) is 57.4 Å². The Morgan fingerprint density at radius 2 is 2.00 bits per heavy atom. The first-order valence-electron chi connectivity index (χ1n) is 9.58. The highest BCUT2D eigenvalue weighted by molar-refractivity contribution is 6.40. The SMILES string of the molecule is Cc1ccc(CN2CCC(C(N)(CCCCB(O)O)C(=O)O)CC2)cc1F. The van der Waals surface area contributed by atoms with Crippen molar-refractivity contribution in [2.75, 3.05) is 13.1 Å². The molecule has 0 aliphatic carbocycles. The number of nitrogens with two attached hydrogens (primary N) is 1. The maximum absolute atomic E-state index is 13.7. The van der Waals surface area contributed by atoms with Crippen molar-refractivity contribution in [3.63, 3.8) is 0 Å². The third kappa shape index (κ3) is 6.00. The average molecular weight is 380 g/mol. The molecule has 1 aromatic carbocycles. The first kappa shape index (κ1) is 21.8. The number of carboxylic acid groups (broad SMARTS) is 1. The van der Waals surface area contributed by atoms with Gasteiger partial charge in [0.05, 0.1) is 0 Å². The predicted octanol–water partition coefficient (Wildman–Crippen LogP) is 1.77. The molecule has 6 nitrogen and oxygen atoms in total. The van der Waals surface area contributed by atoms with E-state index in [0.717, 1.165) is 18.7 Å². The number of hydrogen-bond donors (Lipinski definition) is 4. The lowest BCUT2D eigenvalue weighted by Crippen LogP contribution is -2.56. The van der Waals surface area contributed by atoms with Gasteiger partial charge in [0.2, 0.25) is 0 Å². The molecule has 0 aromatic heterocycles. The number of carboxylic acids is 1. The molecule has 0 amide bonds. The van der Waals surface area contributed by atoms with Crippen molar-refractivity contribution >= 4 is 13.1 Å². The number of unbranched alkanes of at least 4 members (excludes halogenated alkanes) is 1. The molecule has 1 heterocycles. The van der Waals surface area contributed by atoms with Crippen LogP contribution in [0.1, 0.15) is 43.2 Å². The van der Waals surface area contributed by atoms with Gasteiger partial charge in [-0.2, -0.15) is 0 Å². The van der Waals surface area contributed by atoms with Crippen LogP contribution in [0.4, 0.5) is 4.39 Å². The van der Waals surface area contributed by atoms with E-state index in [4.69, 9.17) is 15.8 Å². The Hall–Kier alpha value is -1.48. The van der Waals surface area contributed by atoms with Gasteiger partial charge < -0.3 is 20.9 Å². The summed E-state index contributed by atoms with van der Waals surface area (Å²) in [4.78, 5) is 14.0. The van der Waals surface area contributed by atoms with Crippen LogP contribution in [-0.2, 0) is 11.3 Å². The summed E-state index contributed by atoms with van der Waals surface area (Å²) in [6.07, 6.45) is 2.98. The lowest BCUT2D eigenvalue weighted by molar-refractivity contribution is -0.147. The second-order valence-corrected chi connectivity index (χ2v) is 7.71. The minimum Gasteiger partial charge on any atom is -0.480 e. The Morgan fingerprint density at radius 1 is 1.33 bits per heavy atom. The predicted molar refractivity (Wildman–Crippen MR) is 103 cm³/mol. The van der Waals surface area contributed by atoms with E-state index >= 15 is 0 Å². The van der Waals surface area contributed by atoms with Crippen molar-refractivity contribution in [1.29, 1.82) is 0 Å². The zero-order valence-corrected chi connectivity index (χ0v) is 15.9. The number of nitrogens with zero attached hydrogens (tertiary/aromatic N) is 1. The van der Waals surface area contributed by atoms with Gasteiger partial charge in [-0.25, -0.2) is 4.39 Å². The van der Waals surface area contributed by atoms with Gasteiger partial charge in [-0.15, -0.1) is 0 Å². The van der Waals surface area contributed by atoms with E-state index in [2.05, 4.69) is 4.90 Å². The summed E-state index contributed by atoms with van der Waals surface area (Å²) in [5.74, 6) is -1.33. The van der Waals surface area contributed by atoms with Crippen LogP contribution < -0.4 is 5.73 Å². The molecule has 0 bridgehead atoms. The van der Waals surface area contributed by atoms with E-state index in [1.807, 2.05) is 6.07 Å². The Morgan fingerprint density at radius 3 is 2.56 bits per heavy atom. The molecular weight excluding hydrogens is 350 g/mol. The Balaban J connectivity index is 1.88. The molecule has 1 aliphatic heterocycles. The maximum atomic E-state index is 13.7. The fraction of sp³-hybridized carbons (Fsp3) is 0.632. The lowest BCUT2D eigenvalue weighted by atomic mass is 9.74. The van der Waals surface area contributed by atoms with Crippen LogP contribution in [0.15, 0.2) is 18.2 Å². The monoisotopic (exact) mass is 380 g/mol. The Labute approximate surface area is 160 Å². The van der Waals surface area contributed by atoms with E-state index in [-0.39, 0.29) is 18.1 Å². The summed E-state index contributed by atoms with van der Waals surface area (Å²) in [7, 11) is -1.36. The van der Waals surface area contributed by atoms with Crippen molar-refractivity contribution in [3.05, 3.63) is 35.1 Å². The van der Waals surface area contributed by atoms with E-state index in [1.165, 1.54) is 0 Å². The molecule has 1 aromatic rings. The summed E-state index contributed by atoms with van der Waals surface area (Å²) < 4.78 is 13.7. The fourth-order valence-electron chi connectivity index (χ4n) is 3.83. The number of aliphatic carboxylic acids is 1. The summed E-state index contributed by atoms with van der Waals surface area (Å²) in [5.41, 5.74) is 6.52. The molecule has 27 heavy (non-hydrogen) atoms. The van der Waals surface area contributed by atoms with Crippen LogP contribution in [0.3, 0.4) is 0 Å². The van der Waals surface area contributed by atoms with Crippen LogP contribution in [-0.4, -0.2) is 51.8 Å². The molecule has 0 radical (unpaired) electrons. The number of likely N-dealkylation sites (tertiary alicyclic amines) is 1. The molecule has 1 saturated heterocycles. The number of halogens is 1. The van der Waals surface area contributed by atoms with Gasteiger partial charge in [-0.05, 0) is 68.7 Å². The van der Waals surface area contributed by atoms with Crippen molar-refractivity contribution < 1.29 is 24.3 Å². The summed E-state index contributed by atoms with van der Waals surface area (Å²) >= 11 is 0. The Bertz CT molecular complexity index is 638. The fourth-order valence-corrected chi connectivity index (χ4v) is 3.83. The van der Waals surface area contributed by atoms with Gasteiger partial charge in [0.15, 0.2) is 0 Å². The lowest BCUT2D eigenvalue weighted by Gasteiger charge is -2.40. The van der Waals surface area contributed by atoms with Gasteiger partial charge in [0.25, 0.3) is 0 Å². The Kier molecular flexibility index (Phi) is 7.79. The molecule has 8 heteroatoms. The molecule has 1 unspecified atom stereocenters. The number of benzene rings is 1. The molecule has 0 saturated carbocycles. The first-order valence-corrected chi connectivity index (χ1v) is 9.58. The normalized spacial score (nSPS) is 18.3. The highest BCUT2D eigenvalue weighted by Gasteiger charge is 2.42. The minimum atomic E-state index is -1.36. The van der Waals surface area contributed by atoms with Gasteiger partial charge in [-0.3, -0.25) is 9.69 Å². The number of rotatable bonds is 9. The second-order valence-electron chi connectivity index (χ2n) is 7.71. The van der Waals surface area contributed by atoms with Gasteiger partial charge in [0.1, 0.15) is 11.4 Å². The first-order chi connectivity index (χ1) is 12.7. The molecule has 1 fully saturated rings. The van der Waals surface area contributed by atoms with Crippen molar-refractivity contribution in [1.82, 2.24) is 4.90 Å². The van der Waals surface area contributed by atoms with E-state index in [1.54, 1.807) is 19.1 Å². The van der Waals surface area contributed by atoms with Crippen LogP contribution in [0.25, 0.3) is 0 Å².